The van der Waals surface area contributed by atoms with Gasteiger partial charge in [-0.25, -0.2) is 9.48 Å². The Hall–Kier alpha value is -2.67. The summed E-state index contributed by atoms with van der Waals surface area (Å²) in [5.74, 6) is -1.02. The third-order valence-corrected chi connectivity index (χ3v) is 6.23. The van der Waals surface area contributed by atoms with Gasteiger partial charge in [0.05, 0.1) is 5.69 Å². The minimum Gasteiger partial charge on any atom is -0.480 e. The first kappa shape index (κ1) is 18.7. The van der Waals surface area contributed by atoms with E-state index in [2.05, 4.69) is 34.3 Å². The molecule has 148 valence electrons. The van der Waals surface area contributed by atoms with Crippen LogP contribution in [-0.2, 0) is 16.1 Å². The lowest BCUT2D eigenvalue weighted by molar-refractivity contribution is -0.147. The largest absolute Gasteiger partial charge is 0.480 e. The highest BCUT2D eigenvalue weighted by atomic mass is 16.4. The molecule has 1 N–H and O–H groups in total. The average Bonchev–Trinajstić information content (AvgIpc) is 3.33. The zero-order valence-corrected chi connectivity index (χ0v) is 16.1. The molecule has 1 unspecified atom stereocenters. The lowest BCUT2D eigenvalue weighted by Gasteiger charge is -2.39. The fourth-order valence-corrected chi connectivity index (χ4v) is 4.59. The number of rotatable bonds is 4. The Morgan fingerprint density at radius 1 is 1.21 bits per heavy atom. The van der Waals surface area contributed by atoms with Crippen LogP contribution < -0.4 is 0 Å². The normalized spacial score (nSPS) is 21.9. The maximum atomic E-state index is 11.9. The van der Waals surface area contributed by atoms with Gasteiger partial charge in [-0.15, -0.1) is 0 Å². The predicted octanol–water partition coefficient (Wildman–Crippen LogP) is 2.16. The van der Waals surface area contributed by atoms with E-state index in [1.807, 2.05) is 16.9 Å². The summed E-state index contributed by atoms with van der Waals surface area (Å²) in [5.41, 5.74) is 2.25. The van der Waals surface area contributed by atoms with E-state index in [9.17, 15) is 14.7 Å². The molecule has 2 aliphatic heterocycles. The van der Waals surface area contributed by atoms with Crippen molar-refractivity contribution in [3.63, 3.8) is 0 Å². The number of carboxylic acids is 1. The number of likely N-dealkylation sites (tertiary alicyclic amines) is 2. The molecule has 3 heterocycles. The van der Waals surface area contributed by atoms with Gasteiger partial charge in [0.2, 0.25) is 5.91 Å². The summed E-state index contributed by atoms with van der Waals surface area (Å²) >= 11 is 0. The zero-order valence-electron chi connectivity index (χ0n) is 16.1. The van der Waals surface area contributed by atoms with Crippen LogP contribution in [0, 0.1) is 5.41 Å². The Morgan fingerprint density at radius 2 is 1.93 bits per heavy atom. The Bertz CT molecular complexity index is 815. The van der Waals surface area contributed by atoms with Gasteiger partial charge in [0.15, 0.2) is 0 Å². The van der Waals surface area contributed by atoms with Crippen molar-refractivity contribution in [2.75, 3.05) is 19.6 Å². The van der Waals surface area contributed by atoms with E-state index in [-0.39, 0.29) is 11.3 Å². The highest BCUT2D eigenvalue weighted by molar-refractivity contribution is 5.83. The minimum atomic E-state index is -0.883. The molecular formula is C21H26N4O3. The summed E-state index contributed by atoms with van der Waals surface area (Å²) in [7, 11) is 0. The van der Waals surface area contributed by atoms with Crippen molar-refractivity contribution < 1.29 is 14.7 Å². The van der Waals surface area contributed by atoms with Crippen molar-refractivity contribution in [3.05, 3.63) is 48.3 Å². The average molecular weight is 382 g/mol. The molecule has 28 heavy (non-hydrogen) atoms. The summed E-state index contributed by atoms with van der Waals surface area (Å²) in [6.07, 6.45) is 6.14. The smallest absolute Gasteiger partial charge is 0.326 e. The second-order valence-electron chi connectivity index (χ2n) is 8.10. The maximum Gasteiger partial charge on any atom is 0.326 e. The number of nitrogens with zero attached hydrogens (tertiary/aromatic N) is 4. The van der Waals surface area contributed by atoms with Crippen LogP contribution in [0.3, 0.4) is 0 Å². The molecule has 1 aromatic heterocycles. The Balaban J connectivity index is 1.36. The second-order valence-corrected chi connectivity index (χ2v) is 8.10. The quantitative estimate of drug-likeness (QED) is 0.877. The summed E-state index contributed by atoms with van der Waals surface area (Å²) in [6.45, 7) is 4.79. The van der Waals surface area contributed by atoms with E-state index in [4.69, 9.17) is 0 Å². The summed E-state index contributed by atoms with van der Waals surface area (Å²) in [5, 5.41) is 13.7. The van der Waals surface area contributed by atoms with Crippen molar-refractivity contribution in [3.8, 4) is 5.69 Å². The van der Waals surface area contributed by atoms with Gasteiger partial charge in [-0.1, -0.05) is 12.1 Å². The number of piperidine rings is 1. The molecule has 1 spiro atoms. The standard InChI is InChI=1S/C21H26N4O3/c1-16(26)24-15-21(13-19(24)20(27)28)7-11-23(12-8-21)14-17-3-5-18(6-4-17)25-10-2-9-22-25/h2-6,9-10,19H,7-8,11-15H2,1H3,(H,27,28). The highest BCUT2D eigenvalue weighted by Gasteiger charge is 2.48. The summed E-state index contributed by atoms with van der Waals surface area (Å²) in [4.78, 5) is 27.4. The predicted molar refractivity (Wildman–Crippen MR) is 104 cm³/mol. The molecule has 0 saturated carbocycles. The molecule has 0 radical (unpaired) electrons. The first-order chi connectivity index (χ1) is 13.5. The number of aromatic nitrogens is 2. The SMILES string of the molecule is CC(=O)N1CC2(CCN(Cc3ccc(-n4cccn4)cc3)CC2)CC1C(=O)O. The molecule has 4 rings (SSSR count). The molecule has 1 atom stereocenters. The lowest BCUT2D eigenvalue weighted by Crippen LogP contribution is -2.42. The molecule has 0 bridgehead atoms. The first-order valence-corrected chi connectivity index (χ1v) is 9.77. The number of carboxylic acid groups (broad SMARTS) is 1. The van der Waals surface area contributed by atoms with Crippen LogP contribution in [0.4, 0.5) is 0 Å². The van der Waals surface area contributed by atoms with Gasteiger partial charge in [0, 0.05) is 32.4 Å². The number of benzene rings is 1. The highest BCUT2D eigenvalue weighted by Crippen LogP contribution is 2.43. The third-order valence-electron chi connectivity index (χ3n) is 6.23. The number of amides is 1. The molecule has 2 fully saturated rings. The zero-order chi connectivity index (χ0) is 19.7. The van der Waals surface area contributed by atoms with Crippen molar-refractivity contribution in [1.29, 1.82) is 0 Å². The molecule has 2 aliphatic rings. The third kappa shape index (κ3) is 3.67. The topological polar surface area (TPSA) is 78.7 Å². The molecule has 2 saturated heterocycles. The van der Waals surface area contributed by atoms with Gasteiger partial charge in [-0.05, 0) is 61.5 Å². The number of hydrogen-bond donors (Lipinski definition) is 1. The molecule has 7 heteroatoms. The fourth-order valence-electron chi connectivity index (χ4n) is 4.59. The van der Waals surface area contributed by atoms with E-state index >= 15 is 0 Å². The van der Waals surface area contributed by atoms with Gasteiger partial charge in [-0.3, -0.25) is 9.69 Å². The second kappa shape index (κ2) is 7.39. The molecule has 1 aromatic carbocycles. The minimum absolute atomic E-state index is 0.0465. The van der Waals surface area contributed by atoms with Crippen LogP contribution in [0.25, 0.3) is 5.69 Å². The number of hydrogen-bond acceptors (Lipinski definition) is 4. The van der Waals surface area contributed by atoms with E-state index in [0.29, 0.717) is 13.0 Å². The van der Waals surface area contributed by atoms with Gasteiger partial charge in [0.25, 0.3) is 0 Å². The number of carbonyl (C=O) groups excluding carboxylic acids is 1. The van der Waals surface area contributed by atoms with E-state index < -0.39 is 12.0 Å². The van der Waals surface area contributed by atoms with Crippen LogP contribution in [-0.4, -0.2) is 62.2 Å². The fraction of sp³-hybridized carbons (Fsp3) is 0.476. The maximum absolute atomic E-state index is 11.9. The summed E-state index contributed by atoms with van der Waals surface area (Å²) < 4.78 is 1.84. The monoisotopic (exact) mass is 382 g/mol. The lowest BCUT2D eigenvalue weighted by atomic mass is 9.76. The van der Waals surface area contributed by atoms with Crippen molar-refractivity contribution in [2.45, 2.75) is 38.8 Å². The van der Waals surface area contributed by atoms with Crippen molar-refractivity contribution >= 4 is 11.9 Å². The molecule has 0 aliphatic carbocycles. The Labute approximate surface area is 164 Å². The first-order valence-electron chi connectivity index (χ1n) is 9.77. The van der Waals surface area contributed by atoms with Crippen molar-refractivity contribution in [2.24, 2.45) is 5.41 Å². The van der Waals surface area contributed by atoms with Crippen molar-refractivity contribution in [1.82, 2.24) is 19.6 Å². The molecule has 2 aromatic rings. The Kier molecular flexibility index (Phi) is 4.93. The van der Waals surface area contributed by atoms with E-state index in [0.717, 1.165) is 38.2 Å². The van der Waals surface area contributed by atoms with Crippen LogP contribution >= 0.6 is 0 Å². The molecule has 1 amide bonds. The Morgan fingerprint density at radius 3 is 2.46 bits per heavy atom. The van der Waals surface area contributed by atoms with Gasteiger partial charge < -0.3 is 10.0 Å². The van der Waals surface area contributed by atoms with E-state index in [1.165, 1.54) is 12.5 Å². The molecular weight excluding hydrogens is 356 g/mol. The van der Waals surface area contributed by atoms with Crippen LogP contribution in [0.15, 0.2) is 42.7 Å². The van der Waals surface area contributed by atoms with E-state index in [1.54, 1.807) is 11.1 Å². The summed E-state index contributed by atoms with van der Waals surface area (Å²) in [6, 6.07) is 9.66. The van der Waals surface area contributed by atoms with Crippen LogP contribution in [0.1, 0.15) is 31.7 Å². The van der Waals surface area contributed by atoms with Gasteiger partial charge >= 0.3 is 5.97 Å². The molecule has 7 nitrogen and oxygen atoms in total. The number of carbonyl (C=O) groups is 2. The van der Waals surface area contributed by atoms with Gasteiger partial charge in [-0.2, -0.15) is 5.10 Å². The number of aliphatic carboxylic acids is 1. The van der Waals surface area contributed by atoms with Gasteiger partial charge in [0.1, 0.15) is 6.04 Å². The van der Waals surface area contributed by atoms with Crippen LogP contribution in [0.5, 0.6) is 0 Å². The van der Waals surface area contributed by atoms with Crippen LogP contribution in [0.2, 0.25) is 0 Å².